The molecule has 0 saturated heterocycles. The van der Waals surface area contributed by atoms with Crippen molar-refractivity contribution in [2.75, 3.05) is 0 Å². The summed E-state index contributed by atoms with van der Waals surface area (Å²) in [6, 6.07) is 12.4. The van der Waals surface area contributed by atoms with Gasteiger partial charge in [0.05, 0.1) is 0 Å². The molecule has 26 heavy (non-hydrogen) atoms. The van der Waals surface area contributed by atoms with Crippen LogP contribution in [0.5, 0.6) is 5.75 Å². The molecule has 0 radical (unpaired) electrons. The summed E-state index contributed by atoms with van der Waals surface area (Å²) in [5.41, 5.74) is 0.0924. The molecule has 136 valence electrons. The summed E-state index contributed by atoms with van der Waals surface area (Å²) in [5.74, 6) is -2.15. The number of hydrogen-bond donors (Lipinski definition) is 1. The molecule has 3 atom stereocenters. The third-order valence-corrected chi connectivity index (χ3v) is 5.56. The fourth-order valence-electron chi connectivity index (χ4n) is 3.83. The van der Waals surface area contributed by atoms with Crippen molar-refractivity contribution >= 4 is 17.6 Å². The number of hydrogen-bond acceptors (Lipinski definition) is 2. The standard InChI is InChI=1S/C19H14ClF3O3/c20-14-8-12-13-9-18(13,17(24)25)16(19(21,22)23)26-15(12)7-11(14)6-10-4-2-1-3-5-10/h1-5,7-8,13,16H,6,9H2,(H,24,25)/t13?,16-,18?/m1/s1. The van der Waals surface area contributed by atoms with Gasteiger partial charge >= 0.3 is 12.1 Å². The van der Waals surface area contributed by atoms with Gasteiger partial charge in [0.25, 0.3) is 0 Å². The lowest BCUT2D eigenvalue weighted by molar-refractivity contribution is -0.222. The lowest BCUT2D eigenvalue weighted by atomic mass is 9.88. The Hall–Kier alpha value is -2.21. The topological polar surface area (TPSA) is 46.5 Å². The van der Waals surface area contributed by atoms with E-state index in [0.29, 0.717) is 22.6 Å². The van der Waals surface area contributed by atoms with Gasteiger partial charge in [-0.15, -0.1) is 0 Å². The lowest BCUT2D eigenvalue weighted by Gasteiger charge is -2.33. The van der Waals surface area contributed by atoms with E-state index in [9.17, 15) is 23.1 Å². The molecule has 2 aromatic carbocycles. The SMILES string of the molecule is O=C(O)C12CC1c1cc(Cl)c(Cc3ccccc3)cc1O[C@H]2C(F)(F)F. The van der Waals surface area contributed by atoms with Crippen LogP contribution in [0.25, 0.3) is 0 Å². The van der Waals surface area contributed by atoms with E-state index < -0.39 is 29.6 Å². The van der Waals surface area contributed by atoms with Crippen LogP contribution in [0.2, 0.25) is 5.02 Å². The number of aliphatic carboxylic acids is 1. The van der Waals surface area contributed by atoms with Crippen molar-refractivity contribution in [3.05, 3.63) is 64.2 Å². The quantitative estimate of drug-likeness (QED) is 0.828. The highest BCUT2D eigenvalue weighted by molar-refractivity contribution is 6.31. The second-order valence-corrected chi connectivity index (χ2v) is 7.19. The Morgan fingerprint density at radius 3 is 2.58 bits per heavy atom. The average Bonchev–Trinajstić information content (AvgIpc) is 3.32. The zero-order valence-electron chi connectivity index (χ0n) is 13.4. The van der Waals surface area contributed by atoms with Crippen LogP contribution in [0.1, 0.15) is 29.0 Å². The summed E-state index contributed by atoms with van der Waals surface area (Å²) in [7, 11) is 0. The molecule has 1 fully saturated rings. The van der Waals surface area contributed by atoms with Crippen LogP contribution in [-0.2, 0) is 11.2 Å². The Labute approximate surface area is 152 Å². The second kappa shape index (κ2) is 5.64. The Kier molecular flexibility index (Phi) is 3.74. The van der Waals surface area contributed by atoms with E-state index >= 15 is 0 Å². The van der Waals surface area contributed by atoms with Crippen LogP contribution in [-0.4, -0.2) is 23.4 Å². The van der Waals surface area contributed by atoms with Gasteiger partial charge in [-0.25, -0.2) is 0 Å². The molecule has 0 spiro atoms. The van der Waals surface area contributed by atoms with Crippen LogP contribution in [0.4, 0.5) is 13.2 Å². The first-order chi connectivity index (χ1) is 12.2. The highest BCUT2D eigenvalue weighted by atomic mass is 35.5. The third-order valence-electron chi connectivity index (χ3n) is 5.20. The van der Waals surface area contributed by atoms with Crippen molar-refractivity contribution < 1.29 is 27.8 Å². The van der Waals surface area contributed by atoms with Crippen LogP contribution < -0.4 is 4.74 Å². The van der Waals surface area contributed by atoms with E-state index in [1.807, 2.05) is 30.3 Å². The predicted octanol–water partition coefficient (Wildman–Crippen LogP) is 4.81. The fourth-order valence-corrected chi connectivity index (χ4v) is 4.07. The molecule has 1 aliphatic carbocycles. The first-order valence-corrected chi connectivity index (χ1v) is 8.44. The normalized spacial score (nSPS) is 26.5. The number of benzene rings is 2. The van der Waals surface area contributed by atoms with Crippen molar-refractivity contribution in [2.24, 2.45) is 5.41 Å². The van der Waals surface area contributed by atoms with Gasteiger partial charge in [-0.1, -0.05) is 41.9 Å². The van der Waals surface area contributed by atoms with E-state index in [1.165, 1.54) is 6.07 Å². The number of rotatable bonds is 3. The summed E-state index contributed by atoms with van der Waals surface area (Å²) in [5, 5.41) is 9.80. The molecule has 1 N–H and O–H groups in total. The predicted molar refractivity (Wildman–Crippen MR) is 88.6 cm³/mol. The number of halogens is 4. The third kappa shape index (κ3) is 2.55. The molecule has 0 amide bonds. The highest BCUT2D eigenvalue weighted by Gasteiger charge is 2.75. The van der Waals surface area contributed by atoms with Gasteiger partial charge in [0, 0.05) is 16.5 Å². The van der Waals surface area contributed by atoms with Gasteiger partial charge in [-0.05, 0) is 36.1 Å². The van der Waals surface area contributed by atoms with E-state index in [2.05, 4.69) is 0 Å². The number of fused-ring (bicyclic) bond motifs is 3. The van der Waals surface area contributed by atoms with Crippen molar-refractivity contribution in [2.45, 2.75) is 31.0 Å². The van der Waals surface area contributed by atoms with Crippen molar-refractivity contribution in [1.82, 2.24) is 0 Å². The minimum atomic E-state index is -4.76. The zero-order chi connectivity index (χ0) is 18.7. The first kappa shape index (κ1) is 17.2. The monoisotopic (exact) mass is 382 g/mol. The number of alkyl halides is 3. The Morgan fingerprint density at radius 1 is 1.27 bits per heavy atom. The molecule has 2 aromatic rings. The molecule has 1 saturated carbocycles. The maximum atomic E-state index is 13.4. The molecule has 2 aliphatic rings. The highest BCUT2D eigenvalue weighted by Crippen LogP contribution is 2.69. The first-order valence-electron chi connectivity index (χ1n) is 8.06. The zero-order valence-corrected chi connectivity index (χ0v) is 14.1. The Bertz CT molecular complexity index is 882. The van der Waals surface area contributed by atoms with Crippen LogP contribution in [0, 0.1) is 5.41 Å². The van der Waals surface area contributed by atoms with E-state index in [-0.39, 0.29) is 12.2 Å². The summed E-state index contributed by atoms with van der Waals surface area (Å²) in [6.07, 6.45) is -6.77. The van der Waals surface area contributed by atoms with Gasteiger partial charge in [0.1, 0.15) is 11.2 Å². The molecule has 7 heteroatoms. The molecular formula is C19H14ClF3O3. The van der Waals surface area contributed by atoms with E-state index in [0.717, 1.165) is 5.56 Å². The molecule has 2 unspecified atom stereocenters. The van der Waals surface area contributed by atoms with Gasteiger partial charge in [-0.3, -0.25) is 4.79 Å². The fraction of sp³-hybridized carbons (Fsp3) is 0.316. The molecular weight excluding hydrogens is 369 g/mol. The second-order valence-electron chi connectivity index (χ2n) is 6.79. The maximum Gasteiger partial charge on any atom is 0.426 e. The van der Waals surface area contributed by atoms with Crippen LogP contribution in [0.15, 0.2) is 42.5 Å². The van der Waals surface area contributed by atoms with E-state index in [1.54, 1.807) is 6.07 Å². The van der Waals surface area contributed by atoms with Gasteiger partial charge in [0.15, 0.2) is 0 Å². The van der Waals surface area contributed by atoms with E-state index in [4.69, 9.17) is 16.3 Å². The summed E-state index contributed by atoms with van der Waals surface area (Å²) in [6.45, 7) is 0. The smallest absolute Gasteiger partial charge is 0.426 e. The maximum absolute atomic E-state index is 13.4. The van der Waals surface area contributed by atoms with Gasteiger partial charge in [0.2, 0.25) is 6.10 Å². The van der Waals surface area contributed by atoms with Crippen LogP contribution >= 0.6 is 11.6 Å². The van der Waals surface area contributed by atoms with Crippen molar-refractivity contribution in [3.8, 4) is 5.75 Å². The largest absolute Gasteiger partial charge is 0.481 e. The van der Waals surface area contributed by atoms with Crippen molar-refractivity contribution in [3.63, 3.8) is 0 Å². The van der Waals surface area contributed by atoms with Gasteiger partial charge < -0.3 is 9.84 Å². The van der Waals surface area contributed by atoms with Crippen molar-refractivity contribution in [1.29, 1.82) is 0 Å². The number of carbonyl (C=O) groups is 1. The minimum Gasteiger partial charge on any atom is -0.481 e. The summed E-state index contributed by atoms with van der Waals surface area (Å²) < 4.78 is 45.5. The Morgan fingerprint density at radius 2 is 1.96 bits per heavy atom. The molecule has 1 aliphatic heterocycles. The molecule has 0 bridgehead atoms. The minimum absolute atomic E-state index is 0.0713. The number of carboxylic acid groups (broad SMARTS) is 1. The number of ether oxygens (including phenoxy) is 1. The molecule has 3 nitrogen and oxygen atoms in total. The molecule has 0 aromatic heterocycles. The summed E-state index contributed by atoms with van der Waals surface area (Å²) >= 11 is 6.32. The number of carboxylic acids is 1. The molecule has 4 rings (SSSR count). The van der Waals surface area contributed by atoms with Crippen LogP contribution in [0.3, 0.4) is 0 Å². The Balaban J connectivity index is 1.74. The molecule has 1 heterocycles. The van der Waals surface area contributed by atoms with Gasteiger partial charge in [-0.2, -0.15) is 13.2 Å². The summed E-state index contributed by atoms with van der Waals surface area (Å²) in [4.78, 5) is 11.6. The average molecular weight is 383 g/mol. The lowest BCUT2D eigenvalue weighted by Crippen LogP contribution is -2.48.